The maximum absolute atomic E-state index is 12.3. The molecule has 1 aromatic heterocycles. The van der Waals surface area contributed by atoms with Crippen LogP contribution < -0.4 is 16.4 Å². The first-order valence-corrected chi connectivity index (χ1v) is 7.62. The zero-order valence-electron chi connectivity index (χ0n) is 13.6. The predicted octanol–water partition coefficient (Wildman–Crippen LogP) is 3.12. The van der Waals surface area contributed by atoms with Crippen molar-refractivity contribution in [1.82, 2.24) is 4.98 Å². The van der Waals surface area contributed by atoms with Crippen molar-refractivity contribution in [2.75, 3.05) is 23.8 Å². The van der Waals surface area contributed by atoms with E-state index in [2.05, 4.69) is 15.6 Å². The molecule has 1 fully saturated rings. The second-order valence-electron chi connectivity index (χ2n) is 5.65. The van der Waals surface area contributed by atoms with Crippen LogP contribution in [-0.4, -0.2) is 29.6 Å². The van der Waals surface area contributed by atoms with Gasteiger partial charge in [-0.15, -0.1) is 24.8 Å². The average molecular weight is 385 g/mol. The van der Waals surface area contributed by atoms with Gasteiger partial charge in [0.25, 0.3) is 0 Å². The lowest BCUT2D eigenvalue weighted by Gasteiger charge is -2.31. The van der Waals surface area contributed by atoms with Gasteiger partial charge in [0, 0.05) is 18.9 Å². The Bertz CT molecular complexity index is 662. The normalized spacial score (nSPS) is 15.2. The second kappa shape index (κ2) is 9.58. The Morgan fingerprint density at radius 1 is 1.04 bits per heavy atom. The first-order valence-electron chi connectivity index (χ1n) is 7.62. The molecule has 1 saturated heterocycles. The van der Waals surface area contributed by atoms with Crippen molar-refractivity contribution < 1.29 is 9.53 Å². The average Bonchev–Trinajstić information content (AvgIpc) is 2.58. The molecule has 6 nitrogen and oxygen atoms in total. The van der Waals surface area contributed by atoms with Crippen molar-refractivity contribution in [2.45, 2.75) is 18.4 Å². The van der Waals surface area contributed by atoms with E-state index in [9.17, 15) is 4.79 Å². The molecule has 4 N–H and O–H groups in total. The topological polar surface area (TPSA) is 89.3 Å². The molecule has 0 saturated carbocycles. The van der Waals surface area contributed by atoms with Crippen LogP contribution in [0.15, 0.2) is 48.7 Å². The highest BCUT2D eigenvalue weighted by atomic mass is 35.5. The van der Waals surface area contributed by atoms with Crippen LogP contribution >= 0.6 is 24.8 Å². The highest BCUT2D eigenvalue weighted by Gasteiger charge is 2.35. The first-order chi connectivity index (χ1) is 11.2. The van der Waals surface area contributed by atoms with Crippen LogP contribution in [0.1, 0.15) is 12.8 Å². The number of aromatic nitrogens is 1. The molecule has 3 rings (SSSR count). The Kier molecular flexibility index (Phi) is 8.12. The van der Waals surface area contributed by atoms with E-state index in [1.165, 1.54) is 0 Å². The number of pyridine rings is 1. The lowest BCUT2D eigenvalue weighted by Crippen LogP contribution is -2.54. The van der Waals surface area contributed by atoms with Crippen molar-refractivity contribution in [3.8, 4) is 0 Å². The van der Waals surface area contributed by atoms with Crippen LogP contribution in [0.25, 0.3) is 0 Å². The summed E-state index contributed by atoms with van der Waals surface area (Å²) < 4.78 is 5.26. The SMILES string of the molecule is Cl.Cl.NC1(C(=O)Nc2ccc(Nc3ccccc3)nc2)CCOCC1. The largest absolute Gasteiger partial charge is 0.381 e. The van der Waals surface area contributed by atoms with E-state index in [-0.39, 0.29) is 30.7 Å². The summed E-state index contributed by atoms with van der Waals surface area (Å²) in [5.41, 5.74) is 6.88. The third kappa shape index (κ3) is 5.57. The first kappa shape index (κ1) is 21.2. The molecule has 25 heavy (non-hydrogen) atoms. The van der Waals surface area contributed by atoms with Crippen LogP contribution in [0.3, 0.4) is 0 Å². The Hall–Kier alpha value is -1.86. The van der Waals surface area contributed by atoms with Crippen LogP contribution in [0, 0.1) is 0 Å². The molecule has 0 unspecified atom stereocenters. The molecule has 2 aromatic rings. The standard InChI is InChI=1S/C17H20N4O2.2ClH/c18-17(8-10-23-11-9-17)16(22)21-14-6-7-15(19-12-14)20-13-4-2-1-3-5-13;;/h1-7,12H,8-11,18H2,(H,19,20)(H,21,22);2*1H. The molecule has 0 aliphatic carbocycles. The zero-order valence-corrected chi connectivity index (χ0v) is 15.2. The minimum absolute atomic E-state index is 0. The van der Waals surface area contributed by atoms with Crippen molar-refractivity contribution in [2.24, 2.45) is 5.73 Å². The van der Waals surface area contributed by atoms with Crippen LogP contribution in [0.5, 0.6) is 0 Å². The Balaban J connectivity index is 0.00000156. The van der Waals surface area contributed by atoms with E-state index in [0.717, 1.165) is 5.69 Å². The summed E-state index contributed by atoms with van der Waals surface area (Å²) in [5.74, 6) is 0.522. The highest BCUT2D eigenvalue weighted by Crippen LogP contribution is 2.21. The van der Waals surface area contributed by atoms with E-state index in [1.807, 2.05) is 36.4 Å². The lowest BCUT2D eigenvalue weighted by molar-refractivity contribution is -0.124. The summed E-state index contributed by atoms with van der Waals surface area (Å²) in [5, 5.41) is 6.02. The summed E-state index contributed by atoms with van der Waals surface area (Å²) in [4.78, 5) is 16.6. The minimum Gasteiger partial charge on any atom is -0.381 e. The van der Waals surface area contributed by atoms with Crippen molar-refractivity contribution in [3.05, 3.63) is 48.7 Å². The quantitative estimate of drug-likeness (QED) is 0.753. The molecule has 0 atom stereocenters. The monoisotopic (exact) mass is 384 g/mol. The minimum atomic E-state index is -0.862. The third-order valence-corrected chi connectivity index (χ3v) is 3.90. The number of nitrogens with two attached hydrogens (primary N) is 1. The Morgan fingerprint density at radius 2 is 1.72 bits per heavy atom. The van der Waals surface area contributed by atoms with Crippen molar-refractivity contribution in [3.63, 3.8) is 0 Å². The van der Waals surface area contributed by atoms with Gasteiger partial charge in [0.1, 0.15) is 11.4 Å². The number of hydrogen-bond donors (Lipinski definition) is 3. The van der Waals surface area contributed by atoms with Crippen molar-refractivity contribution in [1.29, 1.82) is 0 Å². The summed E-state index contributed by atoms with van der Waals surface area (Å²) in [7, 11) is 0. The van der Waals surface area contributed by atoms with Gasteiger partial charge in [-0.05, 0) is 37.1 Å². The molecule has 1 aliphatic heterocycles. The van der Waals surface area contributed by atoms with Crippen LogP contribution in [-0.2, 0) is 9.53 Å². The molecule has 0 spiro atoms. The van der Waals surface area contributed by atoms with Gasteiger partial charge >= 0.3 is 0 Å². The second-order valence-corrected chi connectivity index (χ2v) is 5.65. The number of nitrogens with zero attached hydrogens (tertiary/aromatic N) is 1. The fraction of sp³-hybridized carbons (Fsp3) is 0.294. The lowest BCUT2D eigenvalue weighted by atomic mass is 9.90. The fourth-order valence-electron chi connectivity index (χ4n) is 2.43. The van der Waals surface area contributed by atoms with E-state index >= 15 is 0 Å². The molecule has 1 amide bonds. The molecule has 0 bridgehead atoms. The number of carbonyl (C=O) groups excluding carboxylic acids is 1. The number of ether oxygens (including phenoxy) is 1. The number of amides is 1. The number of halogens is 2. The fourth-order valence-corrected chi connectivity index (χ4v) is 2.43. The number of nitrogens with one attached hydrogen (secondary N) is 2. The van der Waals surface area contributed by atoms with Gasteiger partial charge in [-0.25, -0.2) is 4.98 Å². The predicted molar refractivity (Wildman–Crippen MR) is 104 cm³/mol. The molecular weight excluding hydrogens is 363 g/mol. The summed E-state index contributed by atoms with van der Waals surface area (Å²) in [6.07, 6.45) is 2.67. The summed E-state index contributed by atoms with van der Waals surface area (Å²) >= 11 is 0. The summed E-state index contributed by atoms with van der Waals surface area (Å²) in [6, 6.07) is 13.4. The van der Waals surface area contributed by atoms with Gasteiger partial charge in [-0.2, -0.15) is 0 Å². The van der Waals surface area contributed by atoms with Gasteiger partial charge in [0.2, 0.25) is 5.91 Å². The van der Waals surface area contributed by atoms with Gasteiger partial charge in [-0.1, -0.05) is 18.2 Å². The van der Waals surface area contributed by atoms with Gasteiger partial charge < -0.3 is 21.1 Å². The number of benzene rings is 1. The number of anilines is 3. The van der Waals surface area contributed by atoms with Gasteiger partial charge in [0.15, 0.2) is 0 Å². The zero-order chi connectivity index (χ0) is 16.1. The number of rotatable bonds is 4. The van der Waals surface area contributed by atoms with Crippen LogP contribution in [0.2, 0.25) is 0 Å². The van der Waals surface area contributed by atoms with Gasteiger partial charge in [0.05, 0.1) is 11.9 Å². The van der Waals surface area contributed by atoms with E-state index in [0.29, 0.717) is 37.6 Å². The van der Waals surface area contributed by atoms with E-state index in [4.69, 9.17) is 10.5 Å². The number of carbonyl (C=O) groups is 1. The Morgan fingerprint density at radius 3 is 2.32 bits per heavy atom. The van der Waals surface area contributed by atoms with Crippen molar-refractivity contribution >= 4 is 47.9 Å². The molecule has 1 aliphatic rings. The third-order valence-electron chi connectivity index (χ3n) is 3.90. The molecular formula is C17H22Cl2N4O2. The molecule has 2 heterocycles. The highest BCUT2D eigenvalue weighted by molar-refractivity contribution is 5.98. The maximum atomic E-state index is 12.3. The maximum Gasteiger partial charge on any atom is 0.244 e. The molecule has 1 aromatic carbocycles. The molecule has 136 valence electrons. The summed E-state index contributed by atoms with van der Waals surface area (Å²) in [6.45, 7) is 1.03. The number of para-hydroxylation sites is 1. The smallest absolute Gasteiger partial charge is 0.244 e. The van der Waals surface area contributed by atoms with Crippen LogP contribution in [0.4, 0.5) is 17.2 Å². The van der Waals surface area contributed by atoms with E-state index in [1.54, 1.807) is 12.3 Å². The van der Waals surface area contributed by atoms with Gasteiger partial charge in [-0.3, -0.25) is 4.79 Å². The van der Waals surface area contributed by atoms with E-state index < -0.39 is 5.54 Å². The molecule has 8 heteroatoms. The molecule has 0 radical (unpaired) electrons. The Labute approximate surface area is 159 Å². The number of hydrogen-bond acceptors (Lipinski definition) is 5.